The molecular weight excluding hydrogens is 394 g/mol. The minimum Gasteiger partial charge on any atom is -0.462 e. The lowest BCUT2D eigenvalue weighted by Crippen LogP contribution is -2.31. The number of amides is 1. The number of hydrogen-bond acceptors (Lipinski definition) is 6. The molecule has 2 heterocycles. The van der Waals surface area contributed by atoms with Gasteiger partial charge in [-0.2, -0.15) is 0 Å². The maximum atomic E-state index is 12.6. The van der Waals surface area contributed by atoms with Crippen molar-refractivity contribution in [1.29, 1.82) is 0 Å². The predicted octanol–water partition coefficient (Wildman–Crippen LogP) is 4.98. The van der Waals surface area contributed by atoms with Crippen LogP contribution in [0.3, 0.4) is 0 Å². The Kier molecular flexibility index (Phi) is 6.36. The van der Waals surface area contributed by atoms with Gasteiger partial charge in [-0.3, -0.25) is 9.69 Å². The molecule has 0 radical (unpaired) electrons. The number of ether oxygens (including phenoxy) is 1. The molecule has 0 saturated carbocycles. The first-order valence-corrected chi connectivity index (χ1v) is 10.2. The smallest absolute Gasteiger partial charge is 0.338 e. The molecule has 28 heavy (non-hydrogen) atoms. The maximum Gasteiger partial charge on any atom is 0.338 e. The number of nitrogens with zero attached hydrogens (tertiary/aromatic N) is 1. The quantitative estimate of drug-likeness (QED) is 0.377. The van der Waals surface area contributed by atoms with Crippen molar-refractivity contribution in [2.75, 3.05) is 13.2 Å². The van der Waals surface area contributed by atoms with Gasteiger partial charge in [0.25, 0.3) is 5.91 Å². The van der Waals surface area contributed by atoms with Gasteiger partial charge in [0, 0.05) is 18.2 Å². The van der Waals surface area contributed by atoms with Crippen LogP contribution in [0.2, 0.25) is 0 Å². The van der Waals surface area contributed by atoms with Crippen molar-refractivity contribution in [3.05, 3.63) is 52.6 Å². The largest absolute Gasteiger partial charge is 0.462 e. The Bertz CT molecular complexity index is 928. The lowest BCUT2D eigenvalue weighted by atomic mass is 10.1. The van der Waals surface area contributed by atoms with Gasteiger partial charge in [-0.1, -0.05) is 50.0 Å². The number of thioether (sulfide) groups is 1. The van der Waals surface area contributed by atoms with Gasteiger partial charge in [0.2, 0.25) is 0 Å². The summed E-state index contributed by atoms with van der Waals surface area (Å²) in [5.74, 6) is 1.14. The molecule has 1 saturated heterocycles. The van der Waals surface area contributed by atoms with Crippen LogP contribution >= 0.6 is 24.0 Å². The van der Waals surface area contributed by atoms with Crippen LogP contribution in [-0.4, -0.2) is 34.2 Å². The van der Waals surface area contributed by atoms with E-state index in [2.05, 4.69) is 0 Å². The molecule has 5 nitrogen and oxygen atoms in total. The predicted molar refractivity (Wildman–Crippen MR) is 115 cm³/mol. The summed E-state index contributed by atoms with van der Waals surface area (Å²) < 4.78 is 11.4. The van der Waals surface area contributed by atoms with E-state index in [1.165, 1.54) is 11.8 Å². The molecule has 2 aromatic rings. The van der Waals surface area contributed by atoms with Crippen molar-refractivity contribution >= 4 is 46.3 Å². The van der Waals surface area contributed by atoms with Crippen molar-refractivity contribution in [3.8, 4) is 11.3 Å². The average molecular weight is 416 g/mol. The van der Waals surface area contributed by atoms with Gasteiger partial charge < -0.3 is 9.15 Å². The summed E-state index contributed by atoms with van der Waals surface area (Å²) in [5, 5.41) is 0. The molecule has 1 aliphatic rings. The van der Waals surface area contributed by atoms with Crippen molar-refractivity contribution < 1.29 is 18.7 Å². The fourth-order valence-corrected chi connectivity index (χ4v) is 3.98. The van der Waals surface area contributed by atoms with E-state index in [9.17, 15) is 9.59 Å². The molecule has 1 aromatic carbocycles. The van der Waals surface area contributed by atoms with Crippen molar-refractivity contribution in [2.45, 2.75) is 20.8 Å². The van der Waals surface area contributed by atoms with Crippen LogP contribution in [0.1, 0.15) is 36.9 Å². The number of thiocarbonyl (C=S) groups is 1. The van der Waals surface area contributed by atoms with Gasteiger partial charge in [0.1, 0.15) is 15.8 Å². The van der Waals surface area contributed by atoms with E-state index in [4.69, 9.17) is 21.4 Å². The number of carbonyl (C=O) groups is 2. The monoisotopic (exact) mass is 415 g/mol. The second-order valence-electron chi connectivity index (χ2n) is 6.69. The molecule has 1 fully saturated rings. The van der Waals surface area contributed by atoms with E-state index in [1.54, 1.807) is 42.2 Å². The molecule has 1 aliphatic heterocycles. The highest BCUT2D eigenvalue weighted by Crippen LogP contribution is 2.34. The molecule has 0 spiro atoms. The van der Waals surface area contributed by atoms with E-state index in [0.29, 0.717) is 45.4 Å². The summed E-state index contributed by atoms with van der Waals surface area (Å²) in [7, 11) is 0. The third-order valence-corrected chi connectivity index (χ3v) is 5.38. The normalized spacial score (nSPS) is 15.7. The molecule has 1 aromatic heterocycles. The van der Waals surface area contributed by atoms with Crippen LogP contribution in [0.4, 0.5) is 0 Å². The van der Waals surface area contributed by atoms with Gasteiger partial charge in [-0.15, -0.1) is 0 Å². The topological polar surface area (TPSA) is 59.8 Å². The Hall–Kier alpha value is -2.38. The van der Waals surface area contributed by atoms with Crippen LogP contribution in [0.15, 0.2) is 45.7 Å². The van der Waals surface area contributed by atoms with E-state index < -0.39 is 0 Å². The highest BCUT2D eigenvalue weighted by molar-refractivity contribution is 8.26. The number of furan rings is 1. The highest BCUT2D eigenvalue weighted by atomic mass is 32.2. The Morgan fingerprint density at radius 2 is 1.96 bits per heavy atom. The van der Waals surface area contributed by atoms with Gasteiger partial charge >= 0.3 is 5.97 Å². The minimum absolute atomic E-state index is 0.0829. The Balaban J connectivity index is 1.76. The lowest BCUT2D eigenvalue weighted by Gasteiger charge is -2.16. The summed E-state index contributed by atoms with van der Waals surface area (Å²) in [4.78, 5) is 26.5. The molecule has 0 bridgehead atoms. The van der Waals surface area contributed by atoms with Crippen LogP contribution in [-0.2, 0) is 9.53 Å². The van der Waals surface area contributed by atoms with Gasteiger partial charge in [0.05, 0.1) is 17.1 Å². The van der Waals surface area contributed by atoms with Crippen LogP contribution in [0.25, 0.3) is 17.4 Å². The van der Waals surface area contributed by atoms with Gasteiger partial charge in [0.15, 0.2) is 0 Å². The number of esters is 1. The summed E-state index contributed by atoms with van der Waals surface area (Å²) in [6, 6.07) is 10.6. The fourth-order valence-electron chi connectivity index (χ4n) is 2.72. The molecule has 1 amide bonds. The van der Waals surface area contributed by atoms with E-state index in [1.807, 2.05) is 26.0 Å². The van der Waals surface area contributed by atoms with Gasteiger partial charge in [-0.25, -0.2) is 4.79 Å². The molecule has 146 valence electrons. The summed E-state index contributed by atoms with van der Waals surface area (Å²) in [6.45, 7) is 6.82. The Labute approximate surface area is 173 Å². The zero-order valence-corrected chi connectivity index (χ0v) is 17.6. The van der Waals surface area contributed by atoms with Crippen LogP contribution in [0.5, 0.6) is 0 Å². The second-order valence-corrected chi connectivity index (χ2v) is 8.36. The maximum absolute atomic E-state index is 12.6. The first-order chi connectivity index (χ1) is 13.4. The molecular formula is C21H21NO4S2. The van der Waals surface area contributed by atoms with Gasteiger partial charge in [-0.05, 0) is 37.1 Å². The summed E-state index contributed by atoms with van der Waals surface area (Å²) >= 11 is 6.61. The summed E-state index contributed by atoms with van der Waals surface area (Å²) in [5.41, 5.74) is 1.33. The third-order valence-electron chi connectivity index (χ3n) is 4.00. The van der Waals surface area contributed by atoms with Crippen molar-refractivity contribution in [1.82, 2.24) is 4.90 Å². The number of rotatable bonds is 6. The molecule has 7 heteroatoms. The average Bonchev–Trinajstić information content (AvgIpc) is 3.22. The number of benzene rings is 1. The molecule has 0 atom stereocenters. The molecule has 0 aliphatic carbocycles. The van der Waals surface area contributed by atoms with Crippen LogP contribution < -0.4 is 0 Å². The minimum atomic E-state index is -0.349. The summed E-state index contributed by atoms with van der Waals surface area (Å²) in [6.07, 6.45) is 1.72. The zero-order chi connectivity index (χ0) is 20.3. The third kappa shape index (κ3) is 4.54. The SMILES string of the molecule is CCOC(=O)c1ccc(-c2ccc(/C=C3\SC(=S)N(CC(C)C)C3=O)o2)cc1. The molecule has 0 N–H and O–H groups in total. The first-order valence-electron chi connectivity index (χ1n) is 9.01. The van der Waals surface area contributed by atoms with E-state index >= 15 is 0 Å². The number of carbonyl (C=O) groups excluding carboxylic acids is 2. The highest BCUT2D eigenvalue weighted by Gasteiger charge is 2.32. The fraction of sp³-hybridized carbons (Fsp3) is 0.286. The molecule has 0 unspecified atom stereocenters. The van der Waals surface area contributed by atoms with Crippen LogP contribution in [0, 0.1) is 5.92 Å². The number of hydrogen-bond donors (Lipinski definition) is 0. The van der Waals surface area contributed by atoms with E-state index in [0.717, 1.165) is 5.56 Å². The van der Waals surface area contributed by atoms with E-state index in [-0.39, 0.29) is 11.9 Å². The molecule has 3 rings (SSSR count). The Morgan fingerprint density at radius 1 is 1.25 bits per heavy atom. The lowest BCUT2D eigenvalue weighted by molar-refractivity contribution is -0.122. The first kappa shape index (κ1) is 20.4. The Morgan fingerprint density at radius 3 is 2.61 bits per heavy atom. The standard InChI is InChI=1S/C21H21NO4S2/c1-4-25-20(24)15-7-5-14(6-8-15)17-10-9-16(26-17)11-18-19(23)22(12-13(2)3)21(27)28-18/h5-11,13H,4,12H2,1-3H3/b18-11-. The van der Waals surface area contributed by atoms with Crippen molar-refractivity contribution in [2.24, 2.45) is 5.92 Å². The van der Waals surface area contributed by atoms with Crippen molar-refractivity contribution in [3.63, 3.8) is 0 Å². The second kappa shape index (κ2) is 8.75. The zero-order valence-electron chi connectivity index (χ0n) is 15.9.